The van der Waals surface area contributed by atoms with Gasteiger partial charge in [0.1, 0.15) is 6.04 Å². The van der Waals surface area contributed by atoms with E-state index in [0.29, 0.717) is 19.6 Å². The molecule has 24 heavy (non-hydrogen) atoms. The topological polar surface area (TPSA) is 80.2 Å². The van der Waals surface area contributed by atoms with Crippen LogP contribution in [0.3, 0.4) is 0 Å². The highest BCUT2D eigenvalue weighted by Gasteiger charge is 2.34. The Hall–Kier alpha value is -1.63. The van der Waals surface area contributed by atoms with Gasteiger partial charge in [0.05, 0.1) is 13.7 Å². The molecule has 1 unspecified atom stereocenters. The number of esters is 1. The first-order valence-electron chi connectivity index (χ1n) is 8.72. The zero-order chi connectivity index (χ0) is 18.3. The maximum absolute atomic E-state index is 12.6. The van der Waals surface area contributed by atoms with E-state index in [1.165, 1.54) is 0 Å². The minimum absolute atomic E-state index is 0.0895. The second-order valence-electron chi connectivity index (χ2n) is 7.46. The molecule has 7 heteroatoms. The third-order valence-electron chi connectivity index (χ3n) is 3.81. The van der Waals surface area contributed by atoms with Gasteiger partial charge in [0.2, 0.25) is 0 Å². The lowest BCUT2D eigenvalue weighted by molar-refractivity contribution is -0.863. The van der Waals surface area contributed by atoms with E-state index in [4.69, 9.17) is 4.74 Å². The van der Waals surface area contributed by atoms with Gasteiger partial charge >= 0.3 is 5.97 Å². The molecule has 2 amide bonds. The molecule has 2 N–H and O–H groups in total. The number of ether oxygens (including phenoxy) is 1. The van der Waals surface area contributed by atoms with E-state index in [1.54, 1.807) is 11.8 Å². The predicted molar refractivity (Wildman–Crippen MR) is 90.5 cm³/mol. The molecule has 0 aromatic carbocycles. The second-order valence-corrected chi connectivity index (χ2v) is 7.46. The zero-order valence-electron chi connectivity index (χ0n) is 15.6. The average molecular weight is 342 g/mol. The van der Waals surface area contributed by atoms with Gasteiger partial charge in [0, 0.05) is 12.1 Å². The maximum atomic E-state index is 12.6. The van der Waals surface area contributed by atoms with Crippen molar-refractivity contribution >= 4 is 17.8 Å². The minimum Gasteiger partial charge on any atom is -0.464 e. The molecule has 0 saturated carbocycles. The first-order chi connectivity index (χ1) is 11.1. The summed E-state index contributed by atoms with van der Waals surface area (Å²) >= 11 is 0. The number of likely N-dealkylation sites (tertiary alicyclic amines) is 1. The highest BCUT2D eigenvalue weighted by molar-refractivity contribution is 5.85. The van der Waals surface area contributed by atoms with Crippen molar-refractivity contribution in [3.8, 4) is 0 Å². The van der Waals surface area contributed by atoms with E-state index in [1.807, 2.05) is 27.8 Å². The van der Waals surface area contributed by atoms with Crippen LogP contribution in [0.15, 0.2) is 0 Å². The van der Waals surface area contributed by atoms with E-state index in [0.717, 1.165) is 17.7 Å². The first-order valence-corrected chi connectivity index (χ1v) is 8.72. The molecule has 1 heterocycles. The van der Waals surface area contributed by atoms with Crippen molar-refractivity contribution in [2.75, 3.05) is 33.3 Å². The Balaban J connectivity index is 2.57. The number of amides is 2. The molecule has 0 radical (unpaired) electrons. The third kappa shape index (κ3) is 6.86. The Kier molecular flexibility index (Phi) is 7.66. The summed E-state index contributed by atoms with van der Waals surface area (Å²) in [6, 6.07) is -0.484. The highest BCUT2D eigenvalue weighted by atomic mass is 16.5. The van der Waals surface area contributed by atoms with Crippen LogP contribution in [-0.4, -0.2) is 67.6 Å². The van der Waals surface area contributed by atoms with Crippen molar-refractivity contribution in [1.29, 1.82) is 0 Å². The van der Waals surface area contributed by atoms with Crippen LogP contribution < -0.4 is 10.2 Å². The number of quaternary nitrogens is 1. The Bertz CT molecular complexity index is 459. The molecule has 1 aliphatic heterocycles. The second kappa shape index (κ2) is 9.01. The molecule has 0 aliphatic carbocycles. The van der Waals surface area contributed by atoms with Crippen LogP contribution in [0.5, 0.6) is 0 Å². The summed E-state index contributed by atoms with van der Waals surface area (Å²) < 4.78 is 5.08. The zero-order valence-corrected chi connectivity index (χ0v) is 15.6. The normalized spacial score (nSPS) is 19.5. The van der Waals surface area contributed by atoms with Crippen LogP contribution in [0, 0.1) is 0 Å². The Morgan fingerprint density at radius 1 is 1.21 bits per heavy atom. The van der Waals surface area contributed by atoms with Gasteiger partial charge in [-0.05, 0) is 47.0 Å². The quantitative estimate of drug-likeness (QED) is 0.629. The van der Waals surface area contributed by atoms with E-state index in [9.17, 15) is 14.4 Å². The molecule has 1 saturated heterocycles. The van der Waals surface area contributed by atoms with Crippen LogP contribution in [-0.2, 0) is 19.1 Å². The Labute approximate surface area is 144 Å². The molecule has 0 spiro atoms. The molecular weight excluding hydrogens is 310 g/mol. The summed E-state index contributed by atoms with van der Waals surface area (Å²) in [7, 11) is 1.81. The number of nitrogens with one attached hydrogen (secondary N) is 2. The van der Waals surface area contributed by atoms with Crippen molar-refractivity contribution in [3.05, 3.63) is 0 Å². The van der Waals surface area contributed by atoms with Crippen LogP contribution in [0.4, 0.5) is 0 Å². The smallest absolute Gasteiger partial charge is 0.328 e. The van der Waals surface area contributed by atoms with Gasteiger partial charge in [0.15, 0.2) is 13.1 Å². The van der Waals surface area contributed by atoms with Gasteiger partial charge in [-0.25, -0.2) is 4.79 Å². The highest BCUT2D eigenvalue weighted by Crippen LogP contribution is 2.18. The Morgan fingerprint density at radius 2 is 1.88 bits per heavy atom. The van der Waals surface area contributed by atoms with Crippen molar-refractivity contribution in [3.63, 3.8) is 0 Å². The van der Waals surface area contributed by atoms with Gasteiger partial charge in [-0.1, -0.05) is 0 Å². The summed E-state index contributed by atoms with van der Waals surface area (Å²) in [5.74, 6) is -0.518. The fourth-order valence-corrected chi connectivity index (χ4v) is 2.87. The maximum Gasteiger partial charge on any atom is 0.328 e. The summed E-state index contributed by atoms with van der Waals surface area (Å²) in [4.78, 5) is 39.0. The van der Waals surface area contributed by atoms with E-state index < -0.39 is 6.04 Å². The molecule has 1 fully saturated rings. The summed E-state index contributed by atoms with van der Waals surface area (Å²) in [6.45, 7) is 8.82. The van der Waals surface area contributed by atoms with Crippen molar-refractivity contribution in [2.24, 2.45) is 0 Å². The molecule has 0 bridgehead atoms. The van der Waals surface area contributed by atoms with Gasteiger partial charge in [-0.2, -0.15) is 0 Å². The summed E-state index contributed by atoms with van der Waals surface area (Å²) in [6.07, 6.45) is 2.46. The molecule has 2 atom stereocenters. The lowest BCUT2D eigenvalue weighted by Gasteiger charge is -2.34. The van der Waals surface area contributed by atoms with E-state index >= 15 is 0 Å². The lowest BCUT2D eigenvalue weighted by atomic mass is 10.0. The monoisotopic (exact) mass is 342 g/mol. The average Bonchev–Trinajstić information content (AvgIpc) is 2.45. The van der Waals surface area contributed by atoms with Crippen molar-refractivity contribution in [2.45, 2.75) is 58.5 Å². The van der Waals surface area contributed by atoms with Crippen LogP contribution in [0.2, 0.25) is 0 Å². The van der Waals surface area contributed by atoms with Crippen LogP contribution in [0.25, 0.3) is 0 Å². The number of hydrogen-bond acceptors (Lipinski definition) is 4. The fraction of sp³-hybridized carbons (Fsp3) is 0.824. The largest absolute Gasteiger partial charge is 0.464 e. The van der Waals surface area contributed by atoms with Crippen LogP contribution in [0.1, 0.15) is 47.0 Å². The molecule has 0 aromatic rings. The third-order valence-corrected chi connectivity index (χ3v) is 3.81. The number of carbonyl (C=O) groups excluding carboxylic acids is 3. The van der Waals surface area contributed by atoms with Crippen LogP contribution >= 0.6 is 0 Å². The number of carbonyl (C=O) groups is 3. The van der Waals surface area contributed by atoms with E-state index in [-0.39, 0.29) is 36.4 Å². The summed E-state index contributed by atoms with van der Waals surface area (Å²) in [5.41, 5.74) is -0.288. The molecular formula is C17H32N3O4+. The number of hydrogen-bond donors (Lipinski definition) is 2. The van der Waals surface area contributed by atoms with Gasteiger partial charge < -0.3 is 19.9 Å². The number of piperidine rings is 1. The molecule has 1 rings (SSSR count). The predicted octanol–water partition coefficient (Wildman–Crippen LogP) is -0.640. The standard InChI is InChI=1S/C17H31N3O4/c1-6-24-16(23)13-9-7-8-10-20(13)15(22)12-19(5)11-14(21)18-17(2,3)4/h13H,6-12H2,1-5H3,(H,18,21)/p+1/t13-/m1/s1. The number of likely N-dealkylation sites (N-methyl/N-ethyl adjacent to an activating group) is 1. The molecule has 138 valence electrons. The molecule has 1 aliphatic rings. The minimum atomic E-state index is -0.484. The van der Waals surface area contributed by atoms with Crippen molar-refractivity contribution < 1.29 is 24.0 Å². The number of rotatable bonds is 6. The fourth-order valence-electron chi connectivity index (χ4n) is 2.87. The van der Waals surface area contributed by atoms with Gasteiger partial charge in [-0.3, -0.25) is 9.59 Å². The van der Waals surface area contributed by atoms with E-state index in [2.05, 4.69) is 5.32 Å². The van der Waals surface area contributed by atoms with Gasteiger partial charge in [-0.15, -0.1) is 0 Å². The molecule has 0 aromatic heterocycles. The SMILES string of the molecule is CCOC(=O)[C@H]1CCCCN1C(=O)C[NH+](C)CC(=O)NC(C)(C)C. The number of nitrogens with zero attached hydrogens (tertiary/aromatic N) is 1. The first kappa shape index (κ1) is 20.4. The molecule has 7 nitrogen and oxygen atoms in total. The van der Waals surface area contributed by atoms with Gasteiger partial charge in [0.25, 0.3) is 11.8 Å². The summed E-state index contributed by atoms with van der Waals surface area (Å²) in [5, 5.41) is 2.89. The van der Waals surface area contributed by atoms with Crippen molar-refractivity contribution in [1.82, 2.24) is 10.2 Å². The Morgan fingerprint density at radius 3 is 2.46 bits per heavy atom. The lowest BCUT2D eigenvalue weighted by Crippen LogP contribution is -3.11.